The van der Waals surface area contributed by atoms with Crippen molar-refractivity contribution in [1.82, 2.24) is 9.78 Å². The van der Waals surface area contributed by atoms with Crippen LogP contribution >= 0.6 is 0 Å². The third kappa shape index (κ3) is 2.99. The van der Waals surface area contributed by atoms with Crippen LogP contribution in [-0.4, -0.2) is 29.7 Å². The summed E-state index contributed by atoms with van der Waals surface area (Å²) in [5.41, 5.74) is 1.54. The van der Waals surface area contributed by atoms with Crippen molar-refractivity contribution in [2.45, 2.75) is 0 Å². The number of hydrogen-bond donors (Lipinski definition) is 1. The van der Waals surface area contributed by atoms with Crippen molar-refractivity contribution < 1.29 is 19.0 Å². The minimum atomic E-state index is -0.435. The van der Waals surface area contributed by atoms with E-state index in [4.69, 9.17) is 9.47 Å². The summed E-state index contributed by atoms with van der Waals surface area (Å²) in [4.78, 5) is 24.4. The topological polar surface area (TPSA) is 82.6 Å². The highest BCUT2D eigenvalue weighted by molar-refractivity contribution is 5.89. The maximum atomic E-state index is 12.8. The molecule has 2 heterocycles. The van der Waals surface area contributed by atoms with Crippen LogP contribution in [0.3, 0.4) is 0 Å². The van der Waals surface area contributed by atoms with Crippen LogP contribution in [0.5, 0.6) is 11.5 Å². The van der Waals surface area contributed by atoms with Crippen LogP contribution in [0.4, 0.5) is 0 Å². The van der Waals surface area contributed by atoms with Gasteiger partial charge in [-0.1, -0.05) is 12.6 Å². The molecule has 2 aromatic carbocycles. The van der Waals surface area contributed by atoms with Crippen LogP contribution in [0.15, 0.2) is 47.3 Å². The molecular weight excluding hydrogens is 348 g/mol. The highest BCUT2D eigenvalue weighted by Crippen LogP contribution is 2.32. The zero-order chi connectivity index (χ0) is 19.0. The Kier molecular flexibility index (Phi) is 4.04. The predicted molar refractivity (Wildman–Crippen MR) is 98.6 cm³/mol. The van der Waals surface area contributed by atoms with Crippen molar-refractivity contribution >= 4 is 18.6 Å². The average molecular weight is 364 g/mol. The van der Waals surface area contributed by atoms with Crippen molar-refractivity contribution in [2.24, 2.45) is 0 Å². The molecule has 0 fully saturated rings. The van der Waals surface area contributed by atoms with E-state index < -0.39 is 5.97 Å². The quantitative estimate of drug-likeness (QED) is 0.699. The fourth-order valence-corrected chi connectivity index (χ4v) is 2.86. The Labute approximate surface area is 153 Å². The Balaban J connectivity index is 1.75. The molecular formula is C20H16N2O5. The van der Waals surface area contributed by atoms with E-state index in [2.05, 4.69) is 16.4 Å². The van der Waals surface area contributed by atoms with Gasteiger partial charge in [0.05, 0.1) is 28.9 Å². The molecule has 0 spiro atoms. The predicted octanol–water partition coefficient (Wildman–Crippen LogP) is 0.920. The third-order valence-electron chi connectivity index (χ3n) is 4.26. The Hall–Kier alpha value is -3.74. The van der Waals surface area contributed by atoms with Gasteiger partial charge in [0.15, 0.2) is 11.5 Å². The molecule has 1 aliphatic rings. The highest BCUT2D eigenvalue weighted by Gasteiger charge is 2.13. The van der Waals surface area contributed by atoms with Gasteiger partial charge in [0.1, 0.15) is 0 Å². The number of carbonyl (C=O) groups is 1. The van der Waals surface area contributed by atoms with E-state index in [-0.39, 0.29) is 12.4 Å². The average Bonchev–Trinajstić information content (AvgIpc) is 3.27. The lowest BCUT2D eigenvalue weighted by Crippen LogP contribution is -2.33. The molecule has 1 aromatic heterocycles. The molecule has 1 N–H and O–H groups in total. The second-order valence-electron chi connectivity index (χ2n) is 5.94. The Morgan fingerprint density at radius 1 is 1.19 bits per heavy atom. The van der Waals surface area contributed by atoms with Crippen molar-refractivity contribution in [3.63, 3.8) is 0 Å². The van der Waals surface area contributed by atoms with Crippen molar-refractivity contribution in [3.05, 3.63) is 74.5 Å². The Morgan fingerprint density at radius 3 is 2.67 bits per heavy atom. The molecule has 0 saturated heterocycles. The maximum Gasteiger partial charge on any atom is 0.337 e. The van der Waals surface area contributed by atoms with Crippen molar-refractivity contribution in [3.8, 4) is 17.2 Å². The zero-order valence-corrected chi connectivity index (χ0v) is 14.5. The number of fused-ring (bicyclic) bond motifs is 1. The smallest absolute Gasteiger partial charge is 0.337 e. The summed E-state index contributed by atoms with van der Waals surface area (Å²) in [6.45, 7) is 4.11. The zero-order valence-electron chi connectivity index (χ0n) is 14.5. The maximum absolute atomic E-state index is 12.8. The molecule has 7 nitrogen and oxygen atoms in total. The van der Waals surface area contributed by atoms with Gasteiger partial charge in [0.2, 0.25) is 6.79 Å². The van der Waals surface area contributed by atoms with Crippen LogP contribution in [0, 0.1) is 0 Å². The van der Waals surface area contributed by atoms with Crippen LogP contribution in [0.1, 0.15) is 15.9 Å². The Morgan fingerprint density at radius 2 is 1.93 bits per heavy atom. The minimum Gasteiger partial charge on any atom is -0.465 e. The first-order valence-electron chi connectivity index (χ1n) is 8.17. The van der Waals surface area contributed by atoms with Gasteiger partial charge in [-0.2, -0.15) is 0 Å². The molecule has 0 radical (unpaired) electrons. The molecule has 0 atom stereocenters. The third-order valence-corrected chi connectivity index (χ3v) is 4.26. The van der Waals surface area contributed by atoms with E-state index in [0.29, 0.717) is 33.3 Å². The normalized spacial score (nSPS) is 13.0. The summed E-state index contributed by atoms with van der Waals surface area (Å²) in [6.07, 6.45) is 1.74. The summed E-state index contributed by atoms with van der Waals surface area (Å²) in [5.74, 6) is 0.887. The van der Waals surface area contributed by atoms with Gasteiger partial charge in [-0.05, 0) is 48.0 Å². The number of aromatic nitrogens is 2. The number of esters is 1. The van der Waals surface area contributed by atoms with Crippen LogP contribution in [0.25, 0.3) is 18.3 Å². The van der Waals surface area contributed by atoms with Crippen molar-refractivity contribution in [1.29, 1.82) is 0 Å². The van der Waals surface area contributed by atoms with E-state index in [9.17, 15) is 9.59 Å². The number of aromatic amines is 1. The van der Waals surface area contributed by atoms with Crippen molar-refractivity contribution in [2.75, 3.05) is 13.9 Å². The van der Waals surface area contributed by atoms with E-state index >= 15 is 0 Å². The molecule has 3 aromatic rings. The SMILES string of the molecule is C=c1[nH]n(-c2ccc(C(=O)OC)cc2)c(=O)/c1=C\c1ccc2c(c1)OCO2. The standard InChI is InChI=1S/C20H16N2O5/c1-12-16(9-13-3-8-17-18(10-13)27-11-26-17)19(23)22(21-12)15-6-4-14(5-7-15)20(24)25-2/h3-10,21H,1,11H2,2H3/b16-9-. The van der Waals surface area contributed by atoms with Crippen LogP contribution in [0.2, 0.25) is 0 Å². The number of nitrogens with zero attached hydrogens (tertiary/aromatic N) is 1. The van der Waals surface area contributed by atoms with Crippen LogP contribution in [-0.2, 0) is 4.74 Å². The van der Waals surface area contributed by atoms with Gasteiger partial charge < -0.3 is 14.2 Å². The number of rotatable bonds is 3. The van der Waals surface area contributed by atoms with E-state index in [1.54, 1.807) is 36.4 Å². The van der Waals surface area contributed by atoms with E-state index in [1.807, 2.05) is 12.1 Å². The summed E-state index contributed by atoms with van der Waals surface area (Å²) < 4.78 is 16.7. The Bertz CT molecular complexity index is 1190. The number of benzene rings is 2. The monoisotopic (exact) mass is 364 g/mol. The summed E-state index contributed by atoms with van der Waals surface area (Å²) in [5, 5.41) is 3.87. The molecule has 4 rings (SSSR count). The van der Waals surface area contributed by atoms with E-state index in [1.165, 1.54) is 11.8 Å². The number of H-pyrrole nitrogens is 1. The lowest BCUT2D eigenvalue weighted by Gasteiger charge is -2.03. The molecule has 0 amide bonds. The molecule has 7 heteroatoms. The molecule has 0 unspecified atom stereocenters. The lowest BCUT2D eigenvalue weighted by molar-refractivity contribution is 0.0600. The van der Waals surface area contributed by atoms with Gasteiger partial charge in [-0.25, -0.2) is 9.48 Å². The van der Waals surface area contributed by atoms with Gasteiger partial charge in [0.25, 0.3) is 5.56 Å². The van der Waals surface area contributed by atoms with Gasteiger partial charge in [-0.3, -0.25) is 9.89 Å². The fourth-order valence-electron chi connectivity index (χ4n) is 2.86. The second kappa shape index (κ2) is 6.53. The number of carbonyl (C=O) groups excluding carboxylic acids is 1. The number of methoxy groups -OCH3 is 1. The molecule has 27 heavy (non-hydrogen) atoms. The summed E-state index contributed by atoms with van der Waals surface area (Å²) in [7, 11) is 1.32. The lowest BCUT2D eigenvalue weighted by atomic mass is 10.1. The first kappa shape index (κ1) is 16.7. The first-order chi connectivity index (χ1) is 13.1. The van der Waals surface area contributed by atoms with Crippen LogP contribution < -0.4 is 25.6 Å². The largest absolute Gasteiger partial charge is 0.465 e. The van der Waals surface area contributed by atoms with Gasteiger partial charge in [0, 0.05) is 0 Å². The fraction of sp³-hybridized carbons (Fsp3) is 0.100. The molecule has 0 saturated carbocycles. The van der Waals surface area contributed by atoms with Gasteiger partial charge >= 0.3 is 5.97 Å². The molecule has 0 bridgehead atoms. The molecule has 1 aliphatic heterocycles. The summed E-state index contributed by atoms with van der Waals surface area (Å²) >= 11 is 0. The van der Waals surface area contributed by atoms with Gasteiger partial charge in [-0.15, -0.1) is 0 Å². The second-order valence-corrected chi connectivity index (χ2v) is 5.94. The van der Waals surface area contributed by atoms with E-state index in [0.717, 1.165) is 5.56 Å². The number of hydrogen-bond acceptors (Lipinski definition) is 5. The number of nitrogens with one attached hydrogen (secondary N) is 1. The molecule has 0 aliphatic carbocycles. The summed E-state index contributed by atoms with van der Waals surface area (Å²) in [6, 6.07) is 12.0. The first-order valence-corrected chi connectivity index (χ1v) is 8.17. The highest BCUT2D eigenvalue weighted by atomic mass is 16.7. The number of ether oxygens (including phenoxy) is 3. The minimum absolute atomic E-state index is 0.192. The molecule has 136 valence electrons.